The van der Waals surface area contributed by atoms with Crippen molar-refractivity contribution in [1.82, 2.24) is 0 Å². The van der Waals surface area contributed by atoms with Gasteiger partial charge in [-0.2, -0.15) is 0 Å². The molecule has 2 aromatic carbocycles. The highest BCUT2D eigenvalue weighted by atomic mass is 79.9. The van der Waals surface area contributed by atoms with Crippen molar-refractivity contribution in [2.24, 2.45) is 0 Å². The number of aryl methyl sites for hydroxylation is 1. The van der Waals surface area contributed by atoms with Gasteiger partial charge in [-0.05, 0) is 55.7 Å². The lowest BCUT2D eigenvalue weighted by molar-refractivity contribution is 0.0673. The van der Waals surface area contributed by atoms with Crippen LogP contribution >= 0.6 is 15.9 Å². The van der Waals surface area contributed by atoms with E-state index in [4.69, 9.17) is 9.47 Å². The summed E-state index contributed by atoms with van der Waals surface area (Å²) >= 11 is 3.43. The summed E-state index contributed by atoms with van der Waals surface area (Å²) in [6.07, 6.45) is 2.20. The second kappa shape index (κ2) is 7.81. The molecule has 4 nitrogen and oxygen atoms in total. The Bertz CT molecular complexity index is 726. The number of anilines is 1. The van der Waals surface area contributed by atoms with Crippen LogP contribution in [0.2, 0.25) is 0 Å². The fourth-order valence-electron chi connectivity index (χ4n) is 2.70. The van der Waals surface area contributed by atoms with Crippen LogP contribution in [-0.4, -0.2) is 25.2 Å². The molecule has 1 N–H and O–H groups in total. The first-order valence-corrected chi connectivity index (χ1v) is 8.84. The largest absolute Gasteiger partial charge is 0.490 e. The zero-order valence-electron chi connectivity index (χ0n) is 13.5. The first-order chi connectivity index (χ1) is 11.6. The Hall–Kier alpha value is -1.85. The number of benzene rings is 2. The molecule has 1 fully saturated rings. The maximum Gasteiger partial charge on any atom is 0.259 e. The number of carbonyl (C=O) groups is 1. The number of halogens is 1. The highest BCUT2D eigenvalue weighted by Gasteiger charge is 2.18. The molecule has 1 aliphatic rings. The van der Waals surface area contributed by atoms with Crippen molar-refractivity contribution < 1.29 is 14.3 Å². The average molecular weight is 390 g/mol. The van der Waals surface area contributed by atoms with E-state index in [9.17, 15) is 4.79 Å². The third-order valence-corrected chi connectivity index (χ3v) is 4.51. The van der Waals surface area contributed by atoms with Crippen LogP contribution < -0.4 is 10.1 Å². The van der Waals surface area contributed by atoms with E-state index in [1.54, 1.807) is 6.07 Å². The molecule has 0 bridgehead atoms. The Morgan fingerprint density at radius 2 is 2.17 bits per heavy atom. The number of ether oxygens (including phenoxy) is 2. The van der Waals surface area contributed by atoms with E-state index >= 15 is 0 Å². The molecule has 0 spiro atoms. The molecule has 5 heteroatoms. The van der Waals surface area contributed by atoms with Crippen LogP contribution in [0.3, 0.4) is 0 Å². The predicted molar refractivity (Wildman–Crippen MR) is 97.7 cm³/mol. The van der Waals surface area contributed by atoms with Crippen LogP contribution in [0.15, 0.2) is 46.9 Å². The first kappa shape index (κ1) is 17.0. The standard InChI is InChI=1S/C19H20BrNO3/c1-13-11-14(20)8-9-17(13)21-19(22)16-6-2-3-7-18(16)24-12-15-5-4-10-23-15/h2-3,6-9,11,15H,4-5,10,12H2,1H3,(H,21,22). The van der Waals surface area contributed by atoms with Gasteiger partial charge < -0.3 is 14.8 Å². The molecule has 1 atom stereocenters. The smallest absolute Gasteiger partial charge is 0.259 e. The Balaban J connectivity index is 1.72. The van der Waals surface area contributed by atoms with Gasteiger partial charge >= 0.3 is 0 Å². The maximum atomic E-state index is 12.6. The molecule has 24 heavy (non-hydrogen) atoms. The molecular weight excluding hydrogens is 370 g/mol. The number of amides is 1. The summed E-state index contributed by atoms with van der Waals surface area (Å²) < 4.78 is 12.4. The van der Waals surface area contributed by atoms with E-state index in [0.717, 1.165) is 35.2 Å². The van der Waals surface area contributed by atoms with Crippen LogP contribution in [0.25, 0.3) is 0 Å². The van der Waals surface area contributed by atoms with Crippen molar-refractivity contribution >= 4 is 27.5 Å². The molecule has 0 aromatic heterocycles. The number of rotatable bonds is 5. The van der Waals surface area contributed by atoms with E-state index in [-0.39, 0.29) is 12.0 Å². The lowest BCUT2D eigenvalue weighted by Gasteiger charge is -2.15. The lowest BCUT2D eigenvalue weighted by Crippen LogP contribution is -2.19. The quantitative estimate of drug-likeness (QED) is 0.814. The van der Waals surface area contributed by atoms with Gasteiger partial charge in [-0.15, -0.1) is 0 Å². The minimum absolute atomic E-state index is 0.120. The van der Waals surface area contributed by atoms with Gasteiger partial charge in [0.25, 0.3) is 5.91 Å². The predicted octanol–water partition coefficient (Wildman–Crippen LogP) is 4.57. The molecule has 1 unspecified atom stereocenters. The van der Waals surface area contributed by atoms with Crippen LogP contribution in [0.4, 0.5) is 5.69 Å². The van der Waals surface area contributed by atoms with Crippen LogP contribution in [0.1, 0.15) is 28.8 Å². The van der Waals surface area contributed by atoms with Gasteiger partial charge in [0.15, 0.2) is 0 Å². The van der Waals surface area contributed by atoms with E-state index in [0.29, 0.717) is 17.9 Å². The minimum atomic E-state index is -0.177. The van der Waals surface area contributed by atoms with Gasteiger partial charge in [0, 0.05) is 16.8 Å². The number of para-hydroxylation sites is 1. The van der Waals surface area contributed by atoms with Gasteiger partial charge in [0.1, 0.15) is 12.4 Å². The highest BCUT2D eigenvalue weighted by molar-refractivity contribution is 9.10. The van der Waals surface area contributed by atoms with Gasteiger partial charge in [-0.1, -0.05) is 28.1 Å². The third-order valence-electron chi connectivity index (χ3n) is 4.02. The van der Waals surface area contributed by atoms with Gasteiger partial charge in [-0.25, -0.2) is 0 Å². The topological polar surface area (TPSA) is 47.6 Å². The van der Waals surface area contributed by atoms with Crippen LogP contribution in [0.5, 0.6) is 5.75 Å². The maximum absolute atomic E-state index is 12.6. The molecule has 0 radical (unpaired) electrons. The monoisotopic (exact) mass is 389 g/mol. The highest BCUT2D eigenvalue weighted by Crippen LogP contribution is 2.24. The van der Waals surface area contributed by atoms with Crippen LogP contribution in [-0.2, 0) is 4.74 Å². The average Bonchev–Trinajstić information content (AvgIpc) is 3.09. The van der Waals surface area contributed by atoms with E-state index in [1.165, 1.54) is 0 Å². The van der Waals surface area contributed by atoms with Crippen molar-refractivity contribution in [1.29, 1.82) is 0 Å². The van der Waals surface area contributed by atoms with Crippen molar-refractivity contribution in [3.63, 3.8) is 0 Å². The molecule has 1 amide bonds. The molecule has 1 aliphatic heterocycles. The zero-order valence-corrected chi connectivity index (χ0v) is 15.1. The van der Waals surface area contributed by atoms with Gasteiger partial charge in [0.2, 0.25) is 0 Å². The number of hydrogen-bond acceptors (Lipinski definition) is 3. The molecule has 0 aliphatic carbocycles. The van der Waals surface area contributed by atoms with E-state index in [1.807, 2.05) is 43.3 Å². The summed E-state index contributed by atoms with van der Waals surface area (Å²) in [6, 6.07) is 13.0. The number of nitrogens with one attached hydrogen (secondary N) is 1. The Kier molecular flexibility index (Phi) is 5.53. The summed E-state index contributed by atoms with van der Waals surface area (Å²) in [4.78, 5) is 12.6. The molecule has 2 aromatic rings. The van der Waals surface area contributed by atoms with Crippen molar-refractivity contribution in [2.45, 2.75) is 25.9 Å². The summed E-state index contributed by atoms with van der Waals surface area (Å²) in [6.45, 7) is 3.22. The second-order valence-corrected chi connectivity index (χ2v) is 6.77. The Labute approximate surface area is 150 Å². The zero-order chi connectivity index (χ0) is 16.9. The molecule has 3 rings (SSSR count). The molecule has 1 saturated heterocycles. The second-order valence-electron chi connectivity index (χ2n) is 5.86. The lowest BCUT2D eigenvalue weighted by atomic mass is 10.1. The van der Waals surface area contributed by atoms with Crippen molar-refractivity contribution in [3.05, 3.63) is 58.1 Å². The number of carbonyl (C=O) groups excluding carboxylic acids is 1. The molecule has 126 valence electrons. The summed E-state index contributed by atoms with van der Waals surface area (Å²) in [5.41, 5.74) is 2.31. The molecule has 0 saturated carbocycles. The summed E-state index contributed by atoms with van der Waals surface area (Å²) in [7, 11) is 0. The first-order valence-electron chi connectivity index (χ1n) is 8.04. The normalized spacial score (nSPS) is 16.8. The Morgan fingerprint density at radius 1 is 1.33 bits per heavy atom. The SMILES string of the molecule is Cc1cc(Br)ccc1NC(=O)c1ccccc1OCC1CCCO1. The Morgan fingerprint density at radius 3 is 2.92 bits per heavy atom. The van der Waals surface area contributed by atoms with Crippen LogP contribution in [0, 0.1) is 6.92 Å². The van der Waals surface area contributed by atoms with Gasteiger partial charge in [0.05, 0.1) is 11.7 Å². The third kappa shape index (κ3) is 4.16. The summed E-state index contributed by atoms with van der Waals surface area (Å²) in [5, 5.41) is 2.95. The van der Waals surface area contributed by atoms with Gasteiger partial charge in [-0.3, -0.25) is 4.79 Å². The van der Waals surface area contributed by atoms with Crippen molar-refractivity contribution in [3.8, 4) is 5.75 Å². The summed E-state index contributed by atoms with van der Waals surface area (Å²) in [5.74, 6) is 0.406. The minimum Gasteiger partial charge on any atom is -0.490 e. The van der Waals surface area contributed by atoms with E-state index in [2.05, 4.69) is 21.2 Å². The van der Waals surface area contributed by atoms with E-state index < -0.39 is 0 Å². The fourth-order valence-corrected chi connectivity index (χ4v) is 3.17. The molecular formula is C19H20BrNO3. The van der Waals surface area contributed by atoms with Crippen molar-refractivity contribution in [2.75, 3.05) is 18.5 Å². The fraction of sp³-hybridized carbons (Fsp3) is 0.316. The number of hydrogen-bond donors (Lipinski definition) is 1. The molecule has 1 heterocycles.